The van der Waals surface area contributed by atoms with E-state index in [4.69, 9.17) is 4.99 Å². The number of hydrogen-bond donors (Lipinski definition) is 1. The van der Waals surface area contributed by atoms with Crippen LogP contribution in [0.4, 0.5) is 0 Å². The first-order valence-corrected chi connectivity index (χ1v) is 10.8. The van der Waals surface area contributed by atoms with Crippen molar-refractivity contribution in [2.75, 3.05) is 0 Å². The summed E-state index contributed by atoms with van der Waals surface area (Å²) in [6.07, 6.45) is 12.4. The Bertz CT molecular complexity index is 1130. The Morgan fingerprint density at radius 3 is 2.77 bits per heavy atom. The summed E-state index contributed by atoms with van der Waals surface area (Å²) in [4.78, 5) is 20.2. The van der Waals surface area contributed by atoms with Crippen molar-refractivity contribution in [3.8, 4) is 0 Å². The van der Waals surface area contributed by atoms with Crippen LogP contribution in [0.1, 0.15) is 62.4 Å². The van der Waals surface area contributed by atoms with Crippen molar-refractivity contribution >= 4 is 12.3 Å². The highest BCUT2D eigenvalue weighted by Gasteiger charge is 2.46. The largest absolute Gasteiger partial charge is 0.326 e. The van der Waals surface area contributed by atoms with Gasteiger partial charge in [0.2, 0.25) is 5.56 Å². The van der Waals surface area contributed by atoms with Gasteiger partial charge in [-0.15, -0.1) is 0 Å². The summed E-state index contributed by atoms with van der Waals surface area (Å²) in [6, 6.07) is 12.1. The summed E-state index contributed by atoms with van der Waals surface area (Å²) in [6.45, 7) is 8.73. The number of aromatic nitrogens is 1. The third-order valence-electron chi connectivity index (χ3n) is 6.35. The number of aromatic amines is 1. The Labute approximate surface area is 179 Å². The molecule has 30 heavy (non-hydrogen) atoms. The molecule has 2 aromatic rings. The standard InChI is InChI=1S/C27H30N2O/c1-5-23-21-15-19(4)17-27(23,24-12-13-26(30)29-25(24)16-21)28-14-8-10-20-9-6-7-11-22(20)18(2)3/h5-15,18,21H,16-17H2,1-4H3,(H,29,30)/b10-8?,23-5+,28-14?/t21-,27+/m0/s1. The minimum atomic E-state index is -0.433. The molecule has 2 aliphatic carbocycles. The summed E-state index contributed by atoms with van der Waals surface area (Å²) >= 11 is 0. The maximum Gasteiger partial charge on any atom is 0.248 e. The van der Waals surface area contributed by atoms with Gasteiger partial charge in [-0.1, -0.05) is 61.9 Å². The number of fused-ring (bicyclic) bond motifs is 4. The van der Waals surface area contributed by atoms with Gasteiger partial charge in [0.05, 0.1) is 0 Å². The number of nitrogens with zero attached hydrogens (tertiary/aromatic N) is 1. The van der Waals surface area contributed by atoms with Crippen LogP contribution < -0.4 is 5.56 Å². The van der Waals surface area contributed by atoms with Gasteiger partial charge in [0.25, 0.3) is 0 Å². The number of allylic oxidation sites excluding steroid dienone is 3. The van der Waals surface area contributed by atoms with E-state index < -0.39 is 5.54 Å². The fourth-order valence-corrected chi connectivity index (χ4v) is 5.16. The molecule has 2 aliphatic rings. The highest BCUT2D eigenvalue weighted by molar-refractivity contribution is 5.80. The molecule has 0 saturated carbocycles. The first-order valence-electron chi connectivity index (χ1n) is 10.8. The first-order chi connectivity index (χ1) is 14.4. The van der Waals surface area contributed by atoms with Gasteiger partial charge in [0.1, 0.15) is 5.54 Å². The van der Waals surface area contributed by atoms with Gasteiger partial charge in [-0.25, -0.2) is 0 Å². The number of aliphatic imine (C=N–C) groups is 1. The minimum Gasteiger partial charge on any atom is -0.326 e. The van der Waals surface area contributed by atoms with Gasteiger partial charge >= 0.3 is 0 Å². The van der Waals surface area contributed by atoms with E-state index in [0.717, 1.165) is 24.1 Å². The molecule has 0 fully saturated rings. The molecular weight excluding hydrogens is 368 g/mol. The zero-order chi connectivity index (χ0) is 21.3. The number of nitrogens with one attached hydrogen (secondary N) is 1. The van der Waals surface area contributed by atoms with Crippen LogP contribution in [-0.4, -0.2) is 11.2 Å². The highest BCUT2D eigenvalue weighted by atomic mass is 16.1. The number of rotatable bonds is 4. The average molecular weight is 399 g/mol. The number of pyridine rings is 1. The van der Waals surface area contributed by atoms with Gasteiger partial charge in [0, 0.05) is 35.9 Å². The second-order valence-electron chi connectivity index (χ2n) is 8.74. The molecule has 3 nitrogen and oxygen atoms in total. The van der Waals surface area contributed by atoms with Crippen molar-refractivity contribution in [1.82, 2.24) is 4.98 Å². The van der Waals surface area contributed by atoms with Crippen molar-refractivity contribution in [2.24, 2.45) is 10.9 Å². The molecule has 1 aromatic heterocycles. The monoisotopic (exact) mass is 398 g/mol. The van der Waals surface area contributed by atoms with Crippen LogP contribution in [0, 0.1) is 5.92 Å². The third kappa shape index (κ3) is 3.54. The Hall–Kier alpha value is -2.94. The Kier molecular flexibility index (Phi) is 5.46. The molecule has 1 heterocycles. The molecule has 154 valence electrons. The molecule has 0 radical (unpaired) electrons. The fraction of sp³-hybridized carbons (Fsp3) is 0.333. The minimum absolute atomic E-state index is 0.0410. The molecule has 0 unspecified atom stereocenters. The highest BCUT2D eigenvalue weighted by Crippen LogP contribution is 2.51. The van der Waals surface area contributed by atoms with Crippen molar-refractivity contribution < 1.29 is 0 Å². The van der Waals surface area contributed by atoms with E-state index in [9.17, 15) is 4.79 Å². The van der Waals surface area contributed by atoms with Crippen LogP contribution in [0.5, 0.6) is 0 Å². The van der Waals surface area contributed by atoms with E-state index in [2.05, 4.69) is 75.2 Å². The van der Waals surface area contributed by atoms with Crippen molar-refractivity contribution in [3.05, 3.63) is 98.5 Å². The van der Waals surface area contributed by atoms with E-state index in [1.807, 2.05) is 18.4 Å². The maximum atomic E-state index is 11.9. The second-order valence-corrected chi connectivity index (χ2v) is 8.74. The van der Waals surface area contributed by atoms with E-state index in [1.54, 1.807) is 6.07 Å². The fourth-order valence-electron chi connectivity index (χ4n) is 5.16. The predicted molar refractivity (Wildman–Crippen MR) is 126 cm³/mol. The van der Waals surface area contributed by atoms with Crippen LogP contribution in [0.2, 0.25) is 0 Å². The predicted octanol–water partition coefficient (Wildman–Crippen LogP) is 5.95. The van der Waals surface area contributed by atoms with Crippen molar-refractivity contribution in [3.63, 3.8) is 0 Å². The Morgan fingerprint density at radius 2 is 2.00 bits per heavy atom. The zero-order valence-electron chi connectivity index (χ0n) is 18.3. The van der Waals surface area contributed by atoms with Crippen LogP contribution in [0.3, 0.4) is 0 Å². The maximum absolute atomic E-state index is 11.9. The third-order valence-corrected chi connectivity index (χ3v) is 6.35. The lowest BCUT2D eigenvalue weighted by Gasteiger charge is -2.45. The number of H-pyrrole nitrogens is 1. The molecule has 2 atom stereocenters. The molecular formula is C27H30N2O. The van der Waals surface area contributed by atoms with E-state index in [-0.39, 0.29) is 11.5 Å². The lowest BCUT2D eigenvalue weighted by molar-refractivity contribution is 0.413. The SMILES string of the molecule is C/C=C1\[C@H]2C=C(C)C[C@]1(N=CC=Cc1ccccc1C(C)C)c1ccc(=O)[nH]c1C2. The van der Waals surface area contributed by atoms with Gasteiger partial charge in [-0.05, 0) is 55.0 Å². The molecule has 4 rings (SSSR count). The van der Waals surface area contributed by atoms with E-state index in [1.165, 1.54) is 22.3 Å². The molecule has 0 saturated heterocycles. The lowest BCUT2D eigenvalue weighted by atomic mass is 9.63. The summed E-state index contributed by atoms with van der Waals surface area (Å²) in [7, 11) is 0. The average Bonchev–Trinajstić information content (AvgIpc) is 2.70. The molecule has 0 spiro atoms. The van der Waals surface area contributed by atoms with E-state index >= 15 is 0 Å². The molecule has 1 aromatic carbocycles. The van der Waals surface area contributed by atoms with Crippen LogP contribution in [-0.2, 0) is 12.0 Å². The molecule has 3 heteroatoms. The second kappa shape index (κ2) is 8.06. The topological polar surface area (TPSA) is 45.2 Å². The van der Waals surface area contributed by atoms with Gasteiger partial charge < -0.3 is 4.98 Å². The van der Waals surface area contributed by atoms with E-state index in [0.29, 0.717) is 5.92 Å². The smallest absolute Gasteiger partial charge is 0.248 e. The van der Waals surface area contributed by atoms with Crippen LogP contribution in [0.15, 0.2) is 75.6 Å². The summed E-state index contributed by atoms with van der Waals surface area (Å²) < 4.78 is 0. The van der Waals surface area contributed by atoms with Crippen molar-refractivity contribution in [1.29, 1.82) is 0 Å². The number of benzene rings is 1. The van der Waals surface area contributed by atoms with Crippen LogP contribution >= 0.6 is 0 Å². The molecule has 2 bridgehead atoms. The first kappa shape index (κ1) is 20.3. The molecule has 0 aliphatic heterocycles. The summed E-state index contributed by atoms with van der Waals surface area (Å²) in [5.74, 6) is 0.766. The lowest BCUT2D eigenvalue weighted by Crippen LogP contribution is -2.40. The van der Waals surface area contributed by atoms with Gasteiger partial charge in [-0.3, -0.25) is 9.79 Å². The van der Waals surface area contributed by atoms with Gasteiger partial charge in [-0.2, -0.15) is 0 Å². The molecule has 1 N–H and O–H groups in total. The zero-order valence-corrected chi connectivity index (χ0v) is 18.3. The number of hydrogen-bond acceptors (Lipinski definition) is 2. The normalized spacial score (nSPS) is 24.6. The summed E-state index contributed by atoms with van der Waals surface area (Å²) in [5, 5.41) is 0. The Balaban J connectivity index is 1.76. The quantitative estimate of drug-likeness (QED) is 0.502. The Morgan fingerprint density at radius 1 is 1.20 bits per heavy atom. The summed E-state index contributed by atoms with van der Waals surface area (Å²) in [5.41, 5.74) is 6.94. The molecule has 0 amide bonds. The van der Waals surface area contributed by atoms with Gasteiger partial charge in [0.15, 0.2) is 0 Å². The van der Waals surface area contributed by atoms with Crippen LogP contribution in [0.25, 0.3) is 6.08 Å². The van der Waals surface area contributed by atoms with Crippen molar-refractivity contribution in [2.45, 2.75) is 52.0 Å².